The van der Waals surface area contributed by atoms with Crippen LogP contribution >= 0.6 is 11.3 Å². The lowest BCUT2D eigenvalue weighted by Gasteiger charge is -1.96. The number of hydrogen-bond donors (Lipinski definition) is 0. The molecule has 3 heteroatoms. The third kappa shape index (κ3) is 1.26. The van der Waals surface area contributed by atoms with E-state index in [9.17, 15) is 0 Å². The summed E-state index contributed by atoms with van der Waals surface area (Å²) in [6.45, 7) is 0. The fourth-order valence-corrected chi connectivity index (χ4v) is 3.17. The summed E-state index contributed by atoms with van der Waals surface area (Å²) >= 11 is 1.75. The standard InChI is InChI=1S/C14H8N2S/c1-2-5-10-9(4-1)8-12-14(16-10)13-11(17-12)6-3-7-15-13/h1-8H. The number of rotatable bonds is 0. The summed E-state index contributed by atoms with van der Waals surface area (Å²) in [7, 11) is 0. The maximum absolute atomic E-state index is 4.71. The van der Waals surface area contributed by atoms with Gasteiger partial charge in [0.1, 0.15) is 11.0 Å². The van der Waals surface area contributed by atoms with Gasteiger partial charge in [0, 0.05) is 11.6 Å². The monoisotopic (exact) mass is 236 g/mol. The summed E-state index contributed by atoms with van der Waals surface area (Å²) in [4.78, 5) is 9.14. The lowest BCUT2D eigenvalue weighted by atomic mass is 10.2. The van der Waals surface area contributed by atoms with Crippen LogP contribution in [-0.2, 0) is 0 Å². The van der Waals surface area contributed by atoms with Crippen molar-refractivity contribution in [3.63, 3.8) is 0 Å². The molecule has 2 nitrogen and oxygen atoms in total. The van der Waals surface area contributed by atoms with Gasteiger partial charge < -0.3 is 0 Å². The van der Waals surface area contributed by atoms with Crippen LogP contribution in [0, 0.1) is 0 Å². The van der Waals surface area contributed by atoms with Crippen LogP contribution in [0.3, 0.4) is 0 Å². The SMILES string of the molecule is c1ccc2nc3c(cc2c1)sc1cccnc13. The second-order valence-corrected chi connectivity index (χ2v) is 5.06. The molecule has 0 atom stereocenters. The number of hydrogen-bond acceptors (Lipinski definition) is 3. The van der Waals surface area contributed by atoms with E-state index in [1.54, 1.807) is 11.3 Å². The van der Waals surface area contributed by atoms with Gasteiger partial charge >= 0.3 is 0 Å². The van der Waals surface area contributed by atoms with E-state index in [1.807, 2.05) is 30.5 Å². The van der Waals surface area contributed by atoms with Gasteiger partial charge in [0.2, 0.25) is 0 Å². The van der Waals surface area contributed by atoms with Crippen LogP contribution in [0.5, 0.6) is 0 Å². The summed E-state index contributed by atoms with van der Waals surface area (Å²) in [6.07, 6.45) is 1.82. The predicted molar refractivity (Wildman–Crippen MR) is 72.4 cm³/mol. The molecule has 0 amide bonds. The summed E-state index contributed by atoms with van der Waals surface area (Å²) in [5, 5.41) is 1.19. The van der Waals surface area contributed by atoms with E-state index < -0.39 is 0 Å². The first-order valence-electron chi connectivity index (χ1n) is 5.45. The van der Waals surface area contributed by atoms with Gasteiger partial charge in [-0.2, -0.15) is 0 Å². The second-order valence-electron chi connectivity index (χ2n) is 3.98. The van der Waals surface area contributed by atoms with Crippen LogP contribution in [0.15, 0.2) is 48.7 Å². The van der Waals surface area contributed by atoms with Gasteiger partial charge in [-0.3, -0.25) is 4.98 Å². The van der Waals surface area contributed by atoms with Crippen LogP contribution < -0.4 is 0 Å². The molecule has 0 N–H and O–H groups in total. The van der Waals surface area contributed by atoms with Crippen LogP contribution in [0.2, 0.25) is 0 Å². The fourth-order valence-electron chi connectivity index (χ4n) is 2.11. The number of thiophene rings is 1. The normalized spacial score (nSPS) is 11.5. The summed E-state index contributed by atoms with van der Waals surface area (Å²) in [5.74, 6) is 0. The summed E-state index contributed by atoms with van der Waals surface area (Å²) in [5.41, 5.74) is 3.06. The van der Waals surface area contributed by atoms with Crippen molar-refractivity contribution in [3.8, 4) is 0 Å². The Bertz CT molecular complexity index is 842. The molecule has 17 heavy (non-hydrogen) atoms. The van der Waals surface area contributed by atoms with E-state index in [-0.39, 0.29) is 0 Å². The molecule has 3 aromatic heterocycles. The zero-order valence-corrected chi connectivity index (χ0v) is 9.74. The van der Waals surface area contributed by atoms with Crippen molar-refractivity contribution in [2.75, 3.05) is 0 Å². The molecule has 3 heterocycles. The summed E-state index contributed by atoms with van der Waals surface area (Å²) in [6, 6.07) is 14.5. The van der Waals surface area contributed by atoms with Crippen LogP contribution in [-0.4, -0.2) is 9.97 Å². The number of fused-ring (bicyclic) bond motifs is 4. The lowest BCUT2D eigenvalue weighted by Crippen LogP contribution is -1.79. The van der Waals surface area contributed by atoms with Gasteiger partial charge in [-0.1, -0.05) is 18.2 Å². The molecule has 0 radical (unpaired) electrons. The molecule has 0 saturated carbocycles. The molecule has 80 valence electrons. The van der Waals surface area contributed by atoms with Gasteiger partial charge in [-0.25, -0.2) is 4.98 Å². The van der Waals surface area contributed by atoms with Crippen LogP contribution in [0.1, 0.15) is 0 Å². The third-order valence-corrected chi connectivity index (χ3v) is 3.98. The van der Waals surface area contributed by atoms with Crippen molar-refractivity contribution in [2.24, 2.45) is 0 Å². The number of nitrogens with zero attached hydrogens (tertiary/aromatic N) is 2. The van der Waals surface area contributed by atoms with Gasteiger partial charge in [0.15, 0.2) is 0 Å². The maximum atomic E-state index is 4.71. The molecule has 0 saturated heterocycles. The summed E-state index contributed by atoms with van der Waals surface area (Å²) < 4.78 is 2.41. The molecular formula is C14H8N2S. The first-order valence-corrected chi connectivity index (χ1v) is 6.26. The average Bonchev–Trinajstić information content (AvgIpc) is 2.73. The van der Waals surface area contributed by atoms with Gasteiger partial charge in [0.25, 0.3) is 0 Å². The van der Waals surface area contributed by atoms with Crippen molar-refractivity contribution >= 4 is 42.7 Å². The second kappa shape index (κ2) is 3.25. The van der Waals surface area contributed by atoms with Crippen molar-refractivity contribution in [1.29, 1.82) is 0 Å². The van der Waals surface area contributed by atoms with Crippen molar-refractivity contribution < 1.29 is 0 Å². The quantitative estimate of drug-likeness (QED) is 0.461. The lowest BCUT2D eigenvalue weighted by molar-refractivity contribution is 1.42. The smallest absolute Gasteiger partial charge is 0.108 e. The molecule has 0 aliphatic rings. The van der Waals surface area contributed by atoms with E-state index in [1.165, 1.54) is 14.8 Å². The molecule has 4 rings (SSSR count). The Kier molecular flexibility index (Phi) is 1.73. The Labute approximate surface area is 102 Å². The van der Waals surface area contributed by atoms with Crippen LogP contribution in [0.25, 0.3) is 31.3 Å². The third-order valence-electron chi connectivity index (χ3n) is 2.90. The first-order chi connectivity index (χ1) is 8.42. The van der Waals surface area contributed by atoms with E-state index in [0.717, 1.165) is 16.6 Å². The number of aromatic nitrogens is 2. The fraction of sp³-hybridized carbons (Fsp3) is 0. The van der Waals surface area contributed by atoms with Gasteiger partial charge in [0.05, 0.1) is 14.9 Å². The Morgan fingerprint density at radius 1 is 0.882 bits per heavy atom. The Hall–Kier alpha value is -2.00. The maximum Gasteiger partial charge on any atom is 0.108 e. The Morgan fingerprint density at radius 2 is 1.82 bits per heavy atom. The van der Waals surface area contributed by atoms with Gasteiger partial charge in [-0.05, 0) is 24.3 Å². The highest BCUT2D eigenvalue weighted by atomic mass is 32.1. The number of benzene rings is 1. The molecule has 0 unspecified atom stereocenters. The molecule has 0 spiro atoms. The minimum Gasteiger partial charge on any atom is -0.253 e. The van der Waals surface area contributed by atoms with E-state index in [2.05, 4.69) is 23.2 Å². The molecule has 0 aliphatic heterocycles. The molecule has 1 aromatic carbocycles. The van der Waals surface area contributed by atoms with Gasteiger partial charge in [-0.15, -0.1) is 11.3 Å². The largest absolute Gasteiger partial charge is 0.253 e. The molecule has 0 fully saturated rings. The molecule has 4 aromatic rings. The van der Waals surface area contributed by atoms with E-state index in [0.29, 0.717) is 0 Å². The van der Waals surface area contributed by atoms with E-state index >= 15 is 0 Å². The zero-order valence-electron chi connectivity index (χ0n) is 8.92. The highest BCUT2D eigenvalue weighted by Gasteiger charge is 2.07. The van der Waals surface area contributed by atoms with E-state index in [4.69, 9.17) is 4.98 Å². The minimum atomic E-state index is 1.01. The zero-order chi connectivity index (χ0) is 11.2. The number of para-hydroxylation sites is 1. The first kappa shape index (κ1) is 9.07. The Morgan fingerprint density at radius 3 is 2.82 bits per heavy atom. The topological polar surface area (TPSA) is 25.8 Å². The van der Waals surface area contributed by atoms with Crippen LogP contribution in [0.4, 0.5) is 0 Å². The predicted octanol–water partition coefficient (Wildman–Crippen LogP) is 4.00. The molecule has 0 bridgehead atoms. The van der Waals surface area contributed by atoms with Crippen molar-refractivity contribution in [1.82, 2.24) is 9.97 Å². The van der Waals surface area contributed by atoms with Crippen molar-refractivity contribution in [2.45, 2.75) is 0 Å². The number of pyridine rings is 2. The minimum absolute atomic E-state index is 1.01. The highest BCUT2D eigenvalue weighted by molar-refractivity contribution is 7.25. The molecular weight excluding hydrogens is 228 g/mol. The van der Waals surface area contributed by atoms with Crippen molar-refractivity contribution in [3.05, 3.63) is 48.7 Å². The highest BCUT2D eigenvalue weighted by Crippen LogP contribution is 2.32. The molecule has 0 aliphatic carbocycles. The average molecular weight is 236 g/mol. The Balaban J connectivity index is 2.28.